The standard InChI is InChI=1S/C37H27N3/c1-37(2)23-22-31-34(37)35(30-18-6-5-15-27(30)26-19-11-13-24-12-3-4-14-25(24)26)39-36(38-31)40-32-20-9-7-16-28(32)29-17-8-10-21-33(29)40/h3-23H,1-2H3. The van der Waals surface area contributed by atoms with Gasteiger partial charge in [-0.2, -0.15) is 0 Å². The first-order valence-corrected chi connectivity index (χ1v) is 13.8. The van der Waals surface area contributed by atoms with Crippen LogP contribution in [0.4, 0.5) is 0 Å². The lowest BCUT2D eigenvalue weighted by Gasteiger charge is -2.23. The van der Waals surface area contributed by atoms with Crippen LogP contribution in [-0.2, 0) is 5.41 Å². The third-order valence-corrected chi connectivity index (χ3v) is 8.27. The van der Waals surface area contributed by atoms with Crippen LogP contribution in [0.2, 0.25) is 0 Å². The molecule has 0 fully saturated rings. The minimum absolute atomic E-state index is 0.185. The van der Waals surface area contributed by atoms with Crippen molar-refractivity contribution in [1.82, 2.24) is 14.5 Å². The normalized spacial score (nSPS) is 13.8. The predicted molar refractivity (Wildman–Crippen MR) is 167 cm³/mol. The van der Waals surface area contributed by atoms with E-state index in [1.54, 1.807) is 0 Å². The van der Waals surface area contributed by atoms with Crippen molar-refractivity contribution in [2.24, 2.45) is 0 Å². The van der Waals surface area contributed by atoms with Crippen LogP contribution in [0.5, 0.6) is 0 Å². The van der Waals surface area contributed by atoms with Crippen LogP contribution < -0.4 is 0 Å². The average molecular weight is 514 g/mol. The molecule has 2 aromatic heterocycles. The lowest BCUT2D eigenvalue weighted by molar-refractivity contribution is 0.677. The van der Waals surface area contributed by atoms with E-state index in [-0.39, 0.29) is 5.41 Å². The predicted octanol–water partition coefficient (Wildman–Crippen LogP) is 9.37. The van der Waals surface area contributed by atoms with Crippen molar-refractivity contribution >= 4 is 38.7 Å². The van der Waals surface area contributed by atoms with Gasteiger partial charge in [0.2, 0.25) is 5.95 Å². The third kappa shape index (κ3) is 3.31. The number of para-hydroxylation sites is 2. The fourth-order valence-corrected chi connectivity index (χ4v) is 6.41. The maximum absolute atomic E-state index is 5.43. The Bertz CT molecular complexity index is 2090. The Morgan fingerprint density at radius 2 is 1.12 bits per heavy atom. The van der Waals surface area contributed by atoms with Gasteiger partial charge >= 0.3 is 0 Å². The second-order valence-corrected chi connectivity index (χ2v) is 11.1. The van der Waals surface area contributed by atoms with Gasteiger partial charge in [-0.3, -0.25) is 4.57 Å². The van der Waals surface area contributed by atoms with E-state index in [2.05, 4.69) is 146 Å². The van der Waals surface area contributed by atoms with Crippen molar-refractivity contribution < 1.29 is 0 Å². The van der Waals surface area contributed by atoms with E-state index in [0.717, 1.165) is 28.0 Å². The van der Waals surface area contributed by atoms with Crippen molar-refractivity contribution in [3.8, 4) is 28.3 Å². The SMILES string of the molecule is CC1(C)C=Cc2nc(-n3c4ccccc4c4ccccc43)nc(-c3ccccc3-c3cccc4ccccc34)c21. The van der Waals surface area contributed by atoms with Gasteiger partial charge in [-0.05, 0) is 40.1 Å². The van der Waals surface area contributed by atoms with E-state index in [1.165, 1.54) is 38.2 Å². The summed E-state index contributed by atoms with van der Waals surface area (Å²) in [6, 6.07) is 40.9. The molecule has 0 radical (unpaired) electrons. The number of benzene rings is 5. The van der Waals surface area contributed by atoms with Gasteiger partial charge in [0, 0.05) is 27.3 Å². The quantitative estimate of drug-likeness (QED) is 0.236. The fraction of sp³-hybridized carbons (Fsp3) is 0.0811. The molecule has 40 heavy (non-hydrogen) atoms. The molecule has 0 unspecified atom stereocenters. The maximum Gasteiger partial charge on any atom is 0.235 e. The molecular weight excluding hydrogens is 486 g/mol. The van der Waals surface area contributed by atoms with Crippen LogP contribution in [0, 0.1) is 0 Å². The summed E-state index contributed by atoms with van der Waals surface area (Å²) in [5.41, 5.74) is 8.69. The molecular formula is C37H27N3. The topological polar surface area (TPSA) is 30.7 Å². The molecule has 1 aliphatic carbocycles. The number of nitrogens with zero attached hydrogens (tertiary/aromatic N) is 3. The van der Waals surface area contributed by atoms with E-state index in [4.69, 9.17) is 9.97 Å². The van der Waals surface area contributed by atoms with Crippen LogP contribution in [0.3, 0.4) is 0 Å². The molecule has 0 aliphatic heterocycles. The maximum atomic E-state index is 5.43. The second-order valence-electron chi connectivity index (χ2n) is 11.1. The molecule has 3 nitrogen and oxygen atoms in total. The summed E-state index contributed by atoms with van der Waals surface area (Å²) in [5.74, 6) is 0.696. The van der Waals surface area contributed by atoms with Gasteiger partial charge in [0.1, 0.15) is 0 Å². The van der Waals surface area contributed by atoms with Gasteiger partial charge in [0.15, 0.2) is 0 Å². The first-order valence-electron chi connectivity index (χ1n) is 13.8. The summed E-state index contributed by atoms with van der Waals surface area (Å²) in [4.78, 5) is 10.6. The monoisotopic (exact) mass is 513 g/mol. The van der Waals surface area contributed by atoms with E-state index in [0.29, 0.717) is 5.95 Å². The van der Waals surface area contributed by atoms with Crippen molar-refractivity contribution in [2.45, 2.75) is 19.3 Å². The van der Waals surface area contributed by atoms with Gasteiger partial charge in [-0.25, -0.2) is 9.97 Å². The summed E-state index contributed by atoms with van der Waals surface area (Å²) in [7, 11) is 0. The Labute approximate surface area is 233 Å². The molecule has 0 N–H and O–H groups in total. The molecule has 0 saturated carbocycles. The molecule has 3 heteroatoms. The smallest absolute Gasteiger partial charge is 0.235 e. The summed E-state index contributed by atoms with van der Waals surface area (Å²) in [6.45, 7) is 4.51. The lowest BCUT2D eigenvalue weighted by atomic mass is 9.83. The Morgan fingerprint density at radius 3 is 1.88 bits per heavy atom. The molecule has 5 aromatic carbocycles. The summed E-state index contributed by atoms with van der Waals surface area (Å²) in [5, 5.41) is 4.88. The number of hydrogen-bond acceptors (Lipinski definition) is 2. The molecule has 0 atom stereocenters. The van der Waals surface area contributed by atoms with E-state index >= 15 is 0 Å². The van der Waals surface area contributed by atoms with E-state index in [1.807, 2.05) is 0 Å². The molecule has 1 aliphatic rings. The first kappa shape index (κ1) is 22.9. The van der Waals surface area contributed by atoms with Gasteiger partial charge in [-0.15, -0.1) is 0 Å². The summed E-state index contributed by atoms with van der Waals surface area (Å²) >= 11 is 0. The van der Waals surface area contributed by atoms with Crippen LogP contribution >= 0.6 is 0 Å². The summed E-state index contributed by atoms with van der Waals surface area (Å²) in [6.07, 6.45) is 4.42. The number of aromatic nitrogens is 3. The molecule has 8 rings (SSSR count). The van der Waals surface area contributed by atoms with Crippen molar-refractivity contribution in [1.29, 1.82) is 0 Å². The summed E-state index contributed by atoms with van der Waals surface area (Å²) < 4.78 is 2.22. The van der Waals surface area contributed by atoms with Crippen LogP contribution in [0.1, 0.15) is 25.1 Å². The largest absolute Gasteiger partial charge is 0.278 e. The first-order chi connectivity index (χ1) is 19.6. The third-order valence-electron chi connectivity index (χ3n) is 8.27. The molecule has 0 amide bonds. The van der Waals surface area contributed by atoms with Crippen molar-refractivity contribution in [2.75, 3.05) is 0 Å². The van der Waals surface area contributed by atoms with Crippen molar-refractivity contribution in [3.63, 3.8) is 0 Å². The van der Waals surface area contributed by atoms with Gasteiger partial charge < -0.3 is 0 Å². The Balaban J connectivity index is 1.46. The van der Waals surface area contributed by atoms with Crippen LogP contribution in [0.15, 0.2) is 121 Å². The Hall–Kier alpha value is -5.02. The van der Waals surface area contributed by atoms with Crippen molar-refractivity contribution in [3.05, 3.63) is 133 Å². The number of fused-ring (bicyclic) bond motifs is 5. The fourth-order valence-electron chi connectivity index (χ4n) is 6.41. The zero-order chi connectivity index (χ0) is 26.8. The van der Waals surface area contributed by atoms with E-state index < -0.39 is 0 Å². The molecule has 0 spiro atoms. The molecule has 7 aromatic rings. The van der Waals surface area contributed by atoms with Gasteiger partial charge in [0.05, 0.1) is 22.4 Å². The van der Waals surface area contributed by atoms with Crippen LogP contribution in [0.25, 0.3) is 67.0 Å². The zero-order valence-corrected chi connectivity index (χ0v) is 22.5. The Morgan fingerprint density at radius 1 is 0.550 bits per heavy atom. The zero-order valence-electron chi connectivity index (χ0n) is 22.5. The number of rotatable bonds is 3. The van der Waals surface area contributed by atoms with Gasteiger partial charge in [-0.1, -0.05) is 123 Å². The minimum atomic E-state index is -0.185. The molecule has 190 valence electrons. The number of hydrogen-bond donors (Lipinski definition) is 0. The van der Waals surface area contributed by atoms with Crippen LogP contribution in [-0.4, -0.2) is 14.5 Å². The molecule has 0 saturated heterocycles. The lowest BCUT2D eigenvalue weighted by Crippen LogP contribution is -2.16. The minimum Gasteiger partial charge on any atom is -0.278 e. The second kappa shape index (κ2) is 8.49. The highest BCUT2D eigenvalue weighted by molar-refractivity contribution is 6.09. The average Bonchev–Trinajstić information content (AvgIpc) is 3.50. The highest BCUT2D eigenvalue weighted by atomic mass is 15.2. The van der Waals surface area contributed by atoms with E-state index in [9.17, 15) is 0 Å². The number of allylic oxidation sites excluding steroid dienone is 1. The molecule has 2 heterocycles. The van der Waals surface area contributed by atoms with Gasteiger partial charge in [0.25, 0.3) is 0 Å². The highest BCUT2D eigenvalue weighted by Crippen LogP contribution is 2.44. The Kier molecular flexibility index (Phi) is 4.86. The molecule has 0 bridgehead atoms. The highest BCUT2D eigenvalue weighted by Gasteiger charge is 2.32.